The van der Waals surface area contributed by atoms with E-state index in [1.807, 2.05) is 21.1 Å². The fourth-order valence-corrected chi connectivity index (χ4v) is 11.5. The second-order valence-electron chi connectivity index (χ2n) is 25.6. The van der Waals surface area contributed by atoms with Crippen molar-refractivity contribution in [2.24, 2.45) is 0 Å². The summed E-state index contributed by atoms with van der Waals surface area (Å²) in [5.74, 6) is -0.158. The lowest BCUT2D eigenvalue weighted by molar-refractivity contribution is -0.870. The first-order valence-electron chi connectivity index (χ1n) is 35.6. The predicted molar refractivity (Wildman–Crippen MR) is 357 cm³/mol. The van der Waals surface area contributed by atoms with Crippen LogP contribution >= 0.6 is 7.82 Å². The lowest BCUT2D eigenvalue weighted by Gasteiger charge is -2.30. The van der Waals surface area contributed by atoms with E-state index in [9.17, 15) is 19.4 Å². The van der Waals surface area contributed by atoms with Crippen LogP contribution < -0.4 is 10.2 Å². The summed E-state index contributed by atoms with van der Waals surface area (Å²) < 4.78 is 23.5. The van der Waals surface area contributed by atoms with Gasteiger partial charge < -0.3 is 28.8 Å². The molecule has 0 aromatic heterocycles. The Hall–Kier alpha value is -1.80. The first kappa shape index (κ1) is 80.2. The van der Waals surface area contributed by atoms with Gasteiger partial charge in [-0.15, -0.1) is 0 Å². The number of nitrogens with zero attached hydrogens (tertiary/aromatic N) is 1. The highest BCUT2D eigenvalue weighted by molar-refractivity contribution is 7.45. The molecule has 0 aromatic carbocycles. The maximum atomic E-state index is 13.1. The van der Waals surface area contributed by atoms with Crippen molar-refractivity contribution in [3.63, 3.8) is 0 Å². The quantitative estimate of drug-likeness (QED) is 0.0272. The Balaban J connectivity index is 3.93. The van der Waals surface area contributed by atoms with Crippen molar-refractivity contribution in [1.29, 1.82) is 0 Å². The summed E-state index contributed by atoms with van der Waals surface area (Å²) in [6.07, 6.45) is 87.3. The number of carbonyl (C=O) groups excluding carboxylic acids is 1. The Morgan fingerprint density at radius 1 is 0.439 bits per heavy atom. The summed E-state index contributed by atoms with van der Waals surface area (Å²) in [6, 6.07) is -0.801. The number of hydrogen-bond donors (Lipinski definition) is 2. The summed E-state index contributed by atoms with van der Waals surface area (Å²) in [5.41, 5.74) is 0. The third kappa shape index (κ3) is 65.7. The van der Waals surface area contributed by atoms with E-state index in [1.165, 1.54) is 250 Å². The van der Waals surface area contributed by atoms with Crippen LogP contribution in [0.4, 0.5) is 0 Å². The van der Waals surface area contributed by atoms with E-state index < -0.39 is 20.0 Å². The van der Waals surface area contributed by atoms with E-state index in [0.29, 0.717) is 23.9 Å². The fraction of sp³-hybridized carbons (Fsp3) is 0.849. The number of carbonyl (C=O) groups is 1. The minimum atomic E-state index is -4.58. The first-order chi connectivity index (χ1) is 40.0. The van der Waals surface area contributed by atoms with Crippen molar-refractivity contribution >= 4 is 13.7 Å². The number of quaternary nitrogens is 1. The predicted octanol–water partition coefficient (Wildman–Crippen LogP) is 22.1. The van der Waals surface area contributed by atoms with Crippen LogP contribution in [0.5, 0.6) is 0 Å². The van der Waals surface area contributed by atoms with E-state index in [0.717, 1.165) is 70.6 Å². The molecule has 0 fully saturated rings. The number of aliphatic hydroxyl groups is 1. The van der Waals surface area contributed by atoms with Crippen LogP contribution in [0.25, 0.3) is 0 Å². The van der Waals surface area contributed by atoms with Gasteiger partial charge in [0.15, 0.2) is 0 Å². The highest BCUT2D eigenvalue weighted by Gasteiger charge is 2.24. The summed E-state index contributed by atoms with van der Waals surface area (Å²) in [6.45, 7) is 4.66. The minimum Gasteiger partial charge on any atom is -0.756 e. The Labute approximate surface area is 511 Å². The van der Waals surface area contributed by atoms with Crippen molar-refractivity contribution in [1.82, 2.24) is 5.32 Å². The number of phosphoric acid groups is 1. The van der Waals surface area contributed by atoms with Crippen LogP contribution in [0.2, 0.25) is 0 Å². The second-order valence-corrected chi connectivity index (χ2v) is 27.0. The molecule has 0 spiro atoms. The zero-order chi connectivity index (χ0) is 59.8. The van der Waals surface area contributed by atoms with E-state index in [-0.39, 0.29) is 19.1 Å². The molecule has 1 amide bonds. The van der Waals surface area contributed by atoms with Gasteiger partial charge in [0.05, 0.1) is 39.9 Å². The number of allylic oxidation sites excluding steroid dienone is 10. The lowest BCUT2D eigenvalue weighted by Crippen LogP contribution is -2.46. The molecule has 8 nitrogen and oxygen atoms in total. The second kappa shape index (κ2) is 63.7. The molecule has 0 heterocycles. The van der Waals surface area contributed by atoms with Crippen LogP contribution in [-0.4, -0.2) is 68.5 Å². The average molecular weight is 1170 g/mol. The summed E-state index contributed by atoms with van der Waals surface area (Å²) >= 11 is 0. The van der Waals surface area contributed by atoms with Gasteiger partial charge in [-0.2, -0.15) is 0 Å². The third-order valence-electron chi connectivity index (χ3n) is 16.3. The largest absolute Gasteiger partial charge is 0.756 e. The maximum absolute atomic E-state index is 13.1. The van der Waals surface area contributed by atoms with Gasteiger partial charge in [-0.1, -0.05) is 344 Å². The highest BCUT2D eigenvalue weighted by atomic mass is 31.2. The zero-order valence-electron chi connectivity index (χ0n) is 55.2. The summed E-state index contributed by atoms with van der Waals surface area (Å²) in [7, 11) is 1.32. The number of unbranched alkanes of at least 4 members (excludes halogenated alkanes) is 43. The minimum absolute atomic E-state index is 0.0138. The molecule has 0 saturated carbocycles. The van der Waals surface area contributed by atoms with E-state index >= 15 is 0 Å². The molecule has 0 saturated heterocycles. The van der Waals surface area contributed by atoms with Crippen LogP contribution in [0, 0.1) is 0 Å². The topological polar surface area (TPSA) is 108 Å². The standard InChI is InChI=1S/C73H139N2O6P/c1-6-8-10-12-14-16-18-20-22-24-26-28-29-30-31-32-33-34-35-36-37-38-39-40-41-42-43-44-45-47-49-51-53-55-57-59-61-63-65-67-73(77)74-71(70-81-82(78,79)80-69-68-75(3,4)5)72(76)66-64-62-60-58-56-54-52-50-48-46-27-25-23-21-19-17-15-13-11-9-7-2/h8,10,14,16,20,22,26,28,30-31,71-72,76H,6-7,9,11-13,15,17-19,21,23-25,27,29,32-70H2,1-5H3,(H-,74,77,78,79)/b10-8-,16-14-,22-20-,28-26-,31-30-. The normalized spacial score (nSPS) is 14.0. The Bertz CT molecular complexity index is 1520. The molecular weight excluding hydrogens is 1030 g/mol. The molecule has 0 rings (SSSR count). The number of amides is 1. The maximum Gasteiger partial charge on any atom is 0.268 e. The van der Waals surface area contributed by atoms with Gasteiger partial charge >= 0.3 is 0 Å². The molecule has 2 N–H and O–H groups in total. The van der Waals surface area contributed by atoms with Crippen molar-refractivity contribution in [3.05, 3.63) is 60.8 Å². The average Bonchev–Trinajstić information content (AvgIpc) is 3.46. The van der Waals surface area contributed by atoms with Gasteiger partial charge in [-0.25, -0.2) is 0 Å². The zero-order valence-corrected chi connectivity index (χ0v) is 56.1. The van der Waals surface area contributed by atoms with Gasteiger partial charge in [-0.3, -0.25) is 9.36 Å². The summed E-state index contributed by atoms with van der Waals surface area (Å²) in [4.78, 5) is 25.7. The molecule has 0 aromatic rings. The number of likely N-dealkylation sites (N-methyl/N-ethyl adjacent to an activating group) is 1. The molecule has 0 aliphatic carbocycles. The number of phosphoric ester groups is 1. The number of rotatable bonds is 66. The third-order valence-corrected chi connectivity index (χ3v) is 17.2. The fourth-order valence-electron chi connectivity index (χ4n) is 10.8. The van der Waals surface area contributed by atoms with E-state index in [1.54, 1.807) is 0 Å². The Morgan fingerprint density at radius 3 is 1.09 bits per heavy atom. The van der Waals surface area contributed by atoms with Crippen LogP contribution in [0.3, 0.4) is 0 Å². The molecule has 0 bridgehead atoms. The highest BCUT2D eigenvalue weighted by Crippen LogP contribution is 2.38. The van der Waals surface area contributed by atoms with Crippen molar-refractivity contribution in [2.45, 2.75) is 360 Å². The monoisotopic (exact) mass is 1170 g/mol. The number of aliphatic hydroxyl groups excluding tert-OH is 1. The molecule has 3 unspecified atom stereocenters. The van der Waals surface area contributed by atoms with Crippen molar-refractivity contribution in [2.75, 3.05) is 40.9 Å². The van der Waals surface area contributed by atoms with Gasteiger partial charge in [0.2, 0.25) is 5.91 Å². The molecule has 3 atom stereocenters. The molecule has 82 heavy (non-hydrogen) atoms. The number of nitrogens with one attached hydrogen (secondary N) is 1. The van der Waals surface area contributed by atoms with Crippen LogP contribution in [-0.2, 0) is 18.4 Å². The Morgan fingerprint density at radius 2 is 0.744 bits per heavy atom. The van der Waals surface area contributed by atoms with E-state index in [4.69, 9.17) is 9.05 Å². The van der Waals surface area contributed by atoms with Crippen LogP contribution in [0.1, 0.15) is 348 Å². The molecule has 0 aliphatic heterocycles. The van der Waals surface area contributed by atoms with Crippen molar-refractivity contribution in [3.8, 4) is 0 Å². The Kier molecular flexibility index (Phi) is 62.3. The SMILES string of the molecule is CC/C=C\C/C=C\C/C=C\C/C=C\C/C=C\CCCCCCCCCCCCCCCCCCCCCCCCCC(=O)NC(COP(=O)([O-])OCC[N+](C)(C)C)C(O)CCCCCCCCCCCCCCCCCCCCCCC. The molecule has 9 heteroatoms. The van der Waals surface area contributed by atoms with Gasteiger partial charge in [0.25, 0.3) is 7.82 Å². The number of hydrogen-bond acceptors (Lipinski definition) is 6. The smallest absolute Gasteiger partial charge is 0.268 e. The molecule has 482 valence electrons. The van der Waals surface area contributed by atoms with E-state index in [2.05, 4.69) is 79.9 Å². The van der Waals surface area contributed by atoms with Gasteiger partial charge in [-0.05, 0) is 57.8 Å². The lowest BCUT2D eigenvalue weighted by atomic mass is 10.0. The molecule has 0 aliphatic rings. The molecular formula is C73H139N2O6P. The summed E-state index contributed by atoms with van der Waals surface area (Å²) in [5, 5.41) is 14.1. The van der Waals surface area contributed by atoms with Gasteiger partial charge in [0, 0.05) is 6.42 Å². The first-order valence-corrected chi connectivity index (χ1v) is 37.1. The van der Waals surface area contributed by atoms with Crippen LogP contribution in [0.15, 0.2) is 60.8 Å². The molecule has 0 radical (unpaired) electrons. The van der Waals surface area contributed by atoms with Gasteiger partial charge in [0.1, 0.15) is 13.2 Å². The van der Waals surface area contributed by atoms with Crippen molar-refractivity contribution < 1.29 is 32.9 Å².